The molecule has 5 aliphatic rings. The van der Waals surface area contributed by atoms with Crippen molar-refractivity contribution in [1.29, 1.82) is 0 Å². The first-order valence-corrected chi connectivity index (χ1v) is 4.28. The molecule has 1 radical (unpaired) electrons. The van der Waals surface area contributed by atoms with Crippen molar-refractivity contribution in [3.05, 3.63) is 18.1 Å². The lowest BCUT2D eigenvalue weighted by Crippen LogP contribution is -2.00. The van der Waals surface area contributed by atoms with Crippen molar-refractivity contribution in [2.45, 2.75) is 6.92 Å². The van der Waals surface area contributed by atoms with Gasteiger partial charge in [-0.05, 0) is 23.7 Å². The third-order valence-electron chi connectivity index (χ3n) is 4.33. The summed E-state index contributed by atoms with van der Waals surface area (Å²) in [5.74, 6) is 6.58. The molecular formula is C10H10+. The lowest BCUT2D eigenvalue weighted by Gasteiger charge is -2.00. The summed E-state index contributed by atoms with van der Waals surface area (Å²) >= 11 is 0. The summed E-state index contributed by atoms with van der Waals surface area (Å²) < 4.78 is 0. The van der Waals surface area contributed by atoms with Gasteiger partial charge < -0.3 is 0 Å². The maximum Gasteiger partial charge on any atom is 0.151 e. The van der Waals surface area contributed by atoms with Gasteiger partial charge in [0.15, 0.2) is 6.92 Å². The Balaban J connectivity index is 1.99. The molecule has 0 aliphatic heterocycles. The zero-order valence-electron chi connectivity index (χ0n) is 6.04. The molecule has 0 saturated heterocycles. The van der Waals surface area contributed by atoms with Crippen molar-refractivity contribution in [2.24, 2.45) is 35.5 Å². The SMILES string of the molecule is [CH+]C(C)=C1C2C3C2C2C1C32. The van der Waals surface area contributed by atoms with Crippen LogP contribution in [0.4, 0.5) is 0 Å². The number of hydrogen-bond acceptors (Lipinski definition) is 0. The van der Waals surface area contributed by atoms with E-state index in [4.69, 9.17) is 6.92 Å². The lowest BCUT2D eigenvalue weighted by molar-refractivity contribution is 0.434. The molecule has 5 rings (SSSR count). The molecule has 0 nitrogen and oxygen atoms in total. The van der Waals surface area contributed by atoms with Crippen LogP contribution in [0.25, 0.3) is 0 Å². The summed E-state index contributed by atoms with van der Waals surface area (Å²) in [6.07, 6.45) is 0. The van der Waals surface area contributed by atoms with Crippen LogP contribution < -0.4 is 0 Å². The Morgan fingerprint density at radius 2 is 1.50 bits per heavy atom. The predicted octanol–water partition coefficient (Wildman–Crippen LogP) is 1.77. The highest BCUT2D eigenvalue weighted by molar-refractivity contribution is 5.53. The van der Waals surface area contributed by atoms with E-state index >= 15 is 0 Å². The maximum atomic E-state index is 5.82. The minimum atomic E-state index is 1.00. The van der Waals surface area contributed by atoms with E-state index in [2.05, 4.69) is 6.92 Å². The maximum absolute atomic E-state index is 5.82. The van der Waals surface area contributed by atoms with Crippen molar-refractivity contribution in [1.82, 2.24) is 0 Å². The highest BCUT2D eigenvalue weighted by atomic mass is 14.9. The minimum Gasteiger partial charge on any atom is -0.00573 e. The summed E-state index contributed by atoms with van der Waals surface area (Å²) in [6.45, 7) is 7.91. The van der Waals surface area contributed by atoms with Gasteiger partial charge in [-0.2, -0.15) is 0 Å². The molecule has 0 aromatic rings. The zero-order chi connectivity index (χ0) is 6.62. The van der Waals surface area contributed by atoms with E-state index < -0.39 is 0 Å². The van der Waals surface area contributed by atoms with Gasteiger partial charge in [-0.3, -0.25) is 0 Å². The molecule has 0 aromatic heterocycles. The lowest BCUT2D eigenvalue weighted by atomic mass is 10.0. The van der Waals surface area contributed by atoms with Gasteiger partial charge in [-0.15, -0.1) is 0 Å². The molecule has 0 heterocycles. The molecule has 0 spiro atoms. The molecule has 0 unspecified atom stereocenters. The van der Waals surface area contributed by atoms with E-state index in [0.29, 0.717) is 0 Å². The molecule has 0 N–H and O–H groups in total. The molecule has 0 amide bonds. The summed E-state index contributed by atoms with van der Waals surface area (Å²) in [6, 6.07) is 0. The Morgan fingerprint density at radius 1 is 1.10 bits per heavy atom. The summed E-state index contributed by atoms with van der Waals surface area (Å²) in [5, 5.41) is 0. The normalized spacial score (nSPS) is 70.7. The van der Waals surface area contributed by atoms with Crippen LogP contribution in [0, 0.1) is 42.4 Å². The van der Waals surface area contributed by atoms with Crippen molar-refractivity contribution in [2.75, 3.05) is 0 Å². The van der Waals surface area contributed by atoms with Crippen molar-refractivity contribution in [3.8, 4) is 0 Å². The molecule has 5 fully saturated rings. The van der Waals surface area contributed by atoms with Crippen LogP contribution in [0.5, 0.6) is 0 Å². The third-order valence-corrected chi connectivity index (χ3v) is 4.33. The van der Waals surface area contributed by atoms with Crippen LogP contribution >= 0.6 is 0 Å². The van der Waals surface area contributed by atoms with Crippen LogP contribution in [0.1, 0.15) is 6.92 Å². The number of hydrogen-bond donors (Lipinski definition) is 0. The average Bonchev–Trinajstić information content (AvgIpc) is 2.46. The Kier molecular flexibility index (Phi) is 0.401. The zero-order valence-corrected chi connectivity index (χ0v) is 6.04. The molecule has 0 heteroatoms. The fourth-order valence-corrected chi connectivity index (χ4v) is 4.13. The summed E-state index contributed by atoms with van der Waals surface area (Å²) in [7, 11) is 0. The van der Waals surface area contributed by atoms with Gasteiger partial charge in [0, 0.05) is 6.92 Å². The standard InChI is InChI=1S/C10H10/c1-3(2)4-5-7-8(5)10-6(4)9(7)10/h1,5-10H,2H3/q+1. The Labute approximate surface area is 61.3 Å². The first kappa shape index (κ1) is 4.48. The number of rotatable bonds is 0. The summed E-state index contributed by atoms with van der Waals surface area (Å²) in [4.78, 5) is 0. The topological polar surface area (TPSA) is 0 Å². The second-order valence-electron chi connectivity index (χ2n) is 4.50. The highest BCUT2D eigenvalue weighted by Gasteiger charge is 2.94. The predicted molar refractivity (Wildman–Crippen MR) is 37.9 cm³/mol. The molecule has 49 valence electrons. The van der Waals surface area contributed by atoms with Crippen molar-refractivity contribution in [3.63, 3.8) is 0 Å². The van der Waals surface area contributed by atoms with Gasteiger partial charge in [-0.1, -0.05) is 0 Å². The largest absolute Gasteiger partial charge is 0.151 e. The van der Waals surface area contributed by atoms with Gasteiger partial charge in [0.25, 0.3) is 0 Å². The minimum absolute atomic E-state index is 1.00. The van der Waals surface area contributed by atoms with Gasteiger partial charge in [-0.25, -0.2) is 0 Å². The average molecular weight is 130 g/mol. The van der Waals surface area contributed by atoms with Crippen LogP contribution in [-0.2, 0) is 0 Å². The molecular weight excluding hydrogens is 120 g/mol. The molecule has 10 heavy (non-hydrogen) atoms. The van der Waals surface area contributed by atoms with E-state index in [-0.39, 0.29) is 0 Å². The van der Waals surface area contributed by atoms with E-state index in [0.717, 1.165) is 41.1 Å². The van der Waals surface area contributed by atoms with E-state index in [1.54, 1.807) is 5.57 Å². The molecule has 5 aliphatic carbocycles. The molecule has 2 bridgehead atoms. The fourth-order valence-electron chi connectivity index (χ4n) is 4.13. The Hall–Kier alpha value is -0.390. The summed E-state index contributed by atoms with van der Waals surface area (Å²) in [5.41, 5.74) is 2.84. The third kappa shape index (κ3) is 0.212. The van der Waals surface area contributed by atoms with E-state index in [1.165, 1.54) is 0 Å². The quantitative estimate of drug-likeness (QED) is 0.438. The Bertz CT molecular complexity index is 224. The van der Waals surface area contributed by atoms with Gasteiger partial charge in [0.2, 0.25) is 0 Å². The van der Waals surface area contributed by atoms with Crippen LogP contribution in [0.3, 0.4) is 0 Å². The van der Waals surface area contributed by atoms with Gasteiger partial charge >= 0.3 is 0 Å². The van der Waals surface area contributed by atoms with Gasteiger partial charge in [0.1, 0.15) is 5.57 Å². The van der Waals surface area contributed by atoms with E-state index in [9.17, 15) is 0 Å². The molecule has 0 aromatic carbocycles. The highest BCUT2D eigenvalue weighted by Crippen LogP contribution is 2.94. The Morgan fingerprint density at radius 3 is 1.70 bits per heavy atom. The smallest absolute Gasteiger partial charge is 0.00573 e. The second kappa shape index (κ2) is 0.895. The van der Waals surface area contributed by atoms with Crippen LogP contribution in [-0.4, -0.2) is 0 Å². The van der Waals surface area contributed by atoms with Crippen LogP contribution in [0.15, 0.2) is 11.1 Å². The van der Waals surface area contributed by atoms with Gasteiger partial charge in [0.05, 0.1) is 17.4 Å². The first-order valence-electron chi connectivity index (χ1n) is 4.28. The monoisotopic (exact) mass is 130 g/mol. The fraction of sp³-hybridized carbons (Fsp3) is 0.700. The molecule has 0 atom stereocenters. The first-order chi connectivity index (χ1) is 4.82. The van der Waals surface area contributed by atoms with E-state index in [1.807, 2.05) is 0 Å². The van der Waals surface area contributed by atoms with Crippen molar-refractivity contribution < 1.29 is 0 Å². The number of allylic oxidation sites excluding steroid dienone is 2. The second-order valence-corrected chi connectivity index (χ2v) is 4.50. The molecule has 5 saturated carbocycles. The van der Waals surface area contributed by atoms with Crippen LogP contribution in [0.2, 0.25) is 0 Å². The van der Waals surface area contributed by atoms with Crippen molar-refractivity contribution >= 4 is 0 Å².